The van der Waals surface area contributed by atoms with Crippen molar-refractivity contribution < 1.29 is 14.4 Å². The molecule has 0 spiro atoms. The molecule has 0 saturated carbocycles. The Balaban J connectivity index is 2.49. The largest absolute Gasteiger partial charge is 0.496 e. The van der Waals surface area contributed by atoms with Crippen LogP contribution in [0.5, 0.6) is 11.5 Å². The standard InChI is InChI=1S/C11H11N5O4S/c1-19-9-4-10(20-2)8(16(17)18)3-7(9)5-13-15-6-12-14-11(15)21/h3-6H,1-2H3,(H,14,21)/b13-5-. The summed E-state index contributed by atoms with van der Waals surface area (Å²) in [7, 11) is 2.79. The van der Waals surface area contributed by atoms with Gasteiger partial charge in [-0.15, -0.1) is 0 Å². The van der Waals surface area contributed by atoms with E-state index in [0.29, 0.717) is 16.1 Å². The number of ether oxygens (including phenoxy) is 2. The summed E-state index contributed by atoms with van der Waals surface area (Å²) in [6.45, 7) is 0. The molecular formula is C11H11N5O4S. The molecule has 0 aliphatic rings. The lowest BCUT2D eigenvalue weighted by atomic mass is 10.1. The number of aromatic amines is 1. The number of benzene rings is 1. The van der Waals surface area contributed by atoms with Gasteiger partial charge in [0.05, 0.1) is 25.4 Å². The molecule has 0 aliphatic carbocycles. The lowest BCUT2D eigenvalue weighted by Gasteiger charge is -2.07. The predicted octanol–water partition coefficient (Wildman–Crippen LogP) is 1.75. The van der Waals surface area contributed by atoms with Crippen molar-refractivity contribution in [1.82, 2.24) is 14.9 Å². The molecule has 0 fully saturated rings. The summed E-state index contributed by atoms with van der Waals surface area (Å²) in [5.74, 6) is 0.491. The average Bonchev–Trinajstić information content (AvgIpc) is 2.89. The van der Waals surface area contributed by atoms with E-state index in [4.69, 9.17) is 21.7 Å². The molecule has 110 valence electrons. The SMILES string of the molecule is COc1cc(OC)c([N+](=O)[O-])cc1/C=N\n1cn[nH]c1=S. The van der Waals surface area contributed by atoms with Crippen LogP contribution in [0.4, 0.5) is 5.69 Å². The van der Waals surface area contributed by atoms with Gasteiger partial charge in [-0.2, -0.15) is 14.9 Å². The molecule has 2 aromatic rings. The number of methoxy groups -OCH3 is 2. The first-order chi connectivity index (χ1) is 10.1. The van der Waals surface area contributed by atoms with E-state index in [0.717, 1.165) is 0 Å². The zero-order valence-electron chi connectivity index (χ0n) is 11.1. The molecule has 1 heterocycles. The Kier molecular flexibility index (Phi) is 4.28. The summed E-state index contributed by atoms with van der Waals surface area (Å²) < 4.78 is 11.8. The Morgan fingerprint density at radius 3 is 2.67 bits per heavy atom. The average molecular weight is 309 g/mol. The first-order valence-electron chi connectivity index (χ1n) is 5.63. The van der Waals surface area contributed by atoms with Crippen molar-refractivity contribution in [2.45, 2.75) is 0 Å². The second-order valence-corrected chi connectivity index (χ2v) is 4.16. The Hall–Kier alpha value is -2.75. The quantitative estimate of drug-likeness (QED) is 0.390. The molecule has 21 heavy (non-hydrogen) atoms. The van der Waals surface area contributed by atoms with Gasteiger partial charge < -0.3 is 9.47 Å². The lowest BCUT2D eigenvalue weighted by Crippen LogP contribution is -1.99. The highest BCUT2D eigenvalue weighted by Gasteiger charge is 2.18. The molecule has 0 aliphatic heterocycles. The van der Waals surface area contributed by atoms with Gasteiger partial charge in [-0.25, -0.2) is 0 Å². The fourth-order valence-electron chi connectivity index (χ4n) is 1.60. The smallest absolute Gasteiger partial charge is 0.311 e. The van der Waals surface area contributed by atoms with Gasteiger partial charge >= 0.3 is 5.69 Å². The first kappa shape index (κ1) is 14.7. The minimum absolute atomic E-state index is 0.105. The van der Waals surface area contributed by atoms with E-state index in [9.17, 15) is 10.1 Å². The fourth-order valence-corrected chi connectivity index (χ4v) is 1.75. The highest BCUT2D eigenvalue weighted by atomic mass is 32.1. The van der Waals surface area contributed by atoms with Crippen molar-refractivity contribution in [2.75, 3.05) is 14.2 Å². The summed E-state index contributed by atoms with van der Waals surface area (Å²) in [5.41, 5.74) is 0.226. The zero-order valence-corrected chi connectivity index (χ0v) is 12.0. The number of hydrogen-bond acceptors (Lipinski definition) is 7. The van der Waals surface area contributed by atoms with E-state index in [1.54, 1.807) is 0 Å². The maximum atomic E-state index is 11.0. The van der Waals surface area contributed by atoms with Crippen molar-refractivity contribution in [3.63, 3.8) is 0 Å². The van der Waals surface area contributed by atoms with E-state index in [-0.39, 0.29) is 11.4 Å². The molecule has 1 N–H and O–H groups in total. The summed E-state index contributed by atoms with van der Waals surface area (Å²) in [6.07, 6.45) is 2.76. The number of nitro benzene ring substituents is 1. The Morgan fingerprint density at radius 1 is 1.43 bits per heavy atom. The number of nitro groups is 1. The summed E-state index contributed by atoms with van der Waals surface area (Å²) >= 11 is 4.94. The van der Waals surface area contributed by atoms with Crippen LogP contribution in [0.2, 0.25) is 0 Å². The van der Waals surface area contributed by atoms with Crippen molar-refractivity contribution in [3.8, 4) is 11.5 Å². The second kappa shape index (κ2) is 6.13. The molecule has 0 unspecified atom stereocenters. The van der Waals surface area contributed by atoms with Crippen molar-refractivity contribution in [3.05, 3.63) is 38.9 Å². The molecule has 0 atom stereocenters. The van der Waals surface area contributed by atoms with Crippen LogP contribution in [-0.2, 0) is 0 Å². The Bertz CT molecular complexity index is 751. The molecule has 0 amide bonds. The summed E-state index contributed by atoms with van der Waals surface area (Å²) in [4.78, 5) is 10.5. The van der Waals surface area contributed by atoms with Gasteiger partial charge in [-0.05, 0) is 12.2 Å². The number of aromatic nitrogens is 3. The third-order valence-electron chi connectivity index (χ3n) is 2.58. The molecule has 0 radical (unpaired) electrons. The molecule has 2 rings (SSSR count). The maximum Gasteiger partial charge on any atom is 0.311 e. The minimum atomic E-state index is -0.543. The molecule has 0 saturated heterocycles. The molecule has 0 bridgehead atoms. The van der Waals surface area contributed by atoms with Crippen molar-refractivity contribution in [2.24, 2.45) is 5.10 Å². The zero-order chi connectivity index (χ0) is 15.4. The van der Waals surface area contributed by atoms with E-state index < -0.39 is 4.92 Å². The summed E-state index contributed by atoms with van der Waals surface area (Å²) in [6, 6.07) is 2.74. The Morgan fingerprint density at radius 2 is 2.14 bits per heavy atom. The third-order valence-corrected chi connectivity index (χ3v) is 2.86. The highest BCUT2D eigenvalue weighted by molar-refractivity contribution is 7.71. The van der Waals surface area contributed by atoms with Crippen LogP contribution in [0.3, 0.4) is 0 Å². The van der Waals surface area contributed by atoms with Crippen LogP contribution < -0.4 is 9.47 Å². The summed E-state index contributed by atoms with van der Waals surface area (Å²) in [5, 5.41) is 21.3. The molecule has 1 aromatic heterocycles. The number of nitrogens with zero attached hydrogens (tertiary/aromatic N) is 4. The first-order valence-corrected chi connectivity index (χ1v) is 6.04. The van der Waals surface area contributed by atoms with E-state index in [2.05, 4.69) is 15.3 Å². The molecule has 9 nitrogen and oxygen atoms in total. The monoisotopic (exact) mass is 309 g/mol. The van der Waals surface area contributed by atoms with Crippen LogP contribution in [-0.4, -0.2) is 40.2 Å². The molecule has 10 heteroatoms. The van der Waals surface area contributed by atoms with Gasteiger partial charge in [0.1, 0.15) is 12.1 Å². The number of H-pyrrole nitrogens is 1. The van der Waals surface area contributed by atoms with E-state index in [1.807, 2.05) is 0 Å². The van der Waals surface area contributed by atoms with Crippen LogP contribution in [0.1, 0.15) is 5.56 Å². The highest BCUT2D eigenvalue weighted by Crippen LogP contribution is 2.33. The predicted molar refractivity (Wildman–Crippen MR) is 76.6 cm³/mol. The van der Waals surface area contributed by atoms with E-state index >= 15 is 0 Å². The maximum absolute atomic E-state index is 11.0. The fraction of sp³-hybridized carbons (Fsp3) is 0.182. The van der Waals surface area contributed by atoms with Gasteiger partial charge in [0.2, 0.25) is 10.5 Å². The Labute approximate surface area is 124 Å². The van der Waals surface area contributed by atoms with Gasteiger partial charge in [-0.3, -0.25) is 15.2 Å². The van der Waals surface area contributed by atoms with Crippen molar-refractivity contribution in [1.29, 1.82) is 0 Å². The molecular weight excluding hydrogens is 298 g/mol. The van der Waals surface area contributed by atoms with Gasteiger partial charge in [0, 0.05) is 17.7 Å². The normalized spacial score (nSPS) is 10.8. The minimum Gasteiger partial charge on any atom is -0.496 e. The van der Waals surface area contributed by atoms with Crippen molar-refractivity contribution >= 4 is 24.1 Å². The van der Waals surface area contributed by atoms with Gasteiger partial charge in [0.25, 0.3) is 0 Å². The van der Waals surface area contributed by atoms with Crippen LogP contribution in [0.15, 0.2) is 23.6 Å². The topological polar surface area (TPSA) is 108 Å². The molecule has 1 aromatic carbocycles. The van der Waals surface area contributed by atoms with Crippen LogP contribution >= 0.6 is 12.2 Å². The van der Waals surface area contributed by atoms with E-state index in [1.165, 1.54) is 43.6 Å². The van der Waals surface area contributed by atoms with Gasteiger partial charge in [-0.1, -0.05) is 0 Å². The second-order valence-electron chi connectivity index (χ2n) is 3.77. The number of hydrogen-bond donors (Lipinski definition) is 1. The van der Waals surface area contributed by atoms with Crippen LogP contribution in [0, 0.1) is 14.9 Å². The third kappa shape index (κ3) is 3.05. The number of nitrogens with one attached hydrogen (secondary N) is 1. The lowest BCUT2D eigenvalue weighted by molar-refractivity contribution is -0.385. The number of rotatable bonds is 5. The van der Waals surface area contributed by atoms with Crippen LogP contribution in [0.25, 0.3) is 0 Å². The van der Waals surface area contributed by atoms with Gasteiger partial charge in [0.15, 0.2) is 0 Å².